The Labute approximate surface area is 167 Å². The topological polar surface area (TPSA) is 57.6 Å². The minimum atomic E-state index is 0.211. The Bertz CT molecular complexity index is 740. The molecule has 0 bridgehead atoms. The number of aromatic nitrogens is 3. The molecule has 28 heavy (non-hydrogen) atoms. The van der Waals surface area contributed by atoms with Crippen LogP contribution < -0.4 is 4.90 Å². The number of ether oxygens (including phenoxy) is 1. The van der Waals surface area contributed by atoms with E-state index in [9.17, 15) is 0 Å². The van der Waals surface area contributed by atoms with Gasteiger partial charge < -0.3 is 9.64 Å². The number of pyridine rings is 1. The van der Waals surface area contributed by atoms with Crippen LogP contribution in [0.15, 0.2) is 36.7 Å². The maximum atomic E-state index is 5.83. The molecule has 2 aliphatic heterocycles. The van der Waals surface area contributed by atoms with E-state index in [1.165, 1.54) is 0 Å². The molecule has 7 nitrogen and oxygen atoms in total. The molecule has 2 fully saturated rings. The van der Waals surface area contributed by atoms with Gasteiger partial charge in [-0.3, -0.25) is 14.8 Å². The Morgan fingerprint density at radius 1 is 0.857 bits per heavy atom. The first-order chi connectivity index (χ1) is 13.7. The van der Waals surface area contributed by atoms with Gasteiger partial charge in [0.1, 0.15) is 0 Å². The normalized spacial score (nSPS) is 24.4. The standard InChI is InChI=1S/C21H30N6O/c1-17-13-27(14-18(2)28-17)21-23-8-6-20(24-21)16-26-11-9-25(10-12-26)15-19-5-3-4-7-22-19/h3-8,17-18H,9-16H2,1-2H3. The quantitative estimate of drug-likeness (QED) is 0.782. The molecule has 0 saturated carbocycles. The number of piperazine rings is 1. The minimum Gasteiger partial charge on any atom is -0.372 e. The van der Waals surface area contributed by atoms with Crippen molar-refractivity contribution in [3.8, 4) is 0 Å². The third-order valence-electron chi connectivity index (χ3n) is 5.37. The monoisotopic (exact) mass is 382 g/mol. The van der Waals surface area contributed by atoms with Crippen molar-refractivity contribution in [2.45, 2.75) is 39.1 Å². The van der Waals surface area contributed by atoms with Crippen LogP contribution in [0.25, 0.3) is 0 Å². The van der Waals surface area contributed by atoms with Crippen molar-refractivity contribution in [2.24, 2.45) is 0 Å². The molecule has 2 aromatic rings. The second-order valence-electron chi connectivity index (χ2n) is 7.88. The van der Waals surface area contributed by atoms with Crippen LogP contribution in [0.3, 0.4) is 0 Å². The molecule has 4 heterocycles. The Hall–Kier alpha value is -2.09. The van der Waals surface area contributed by atoms with Crippen LogP contribution in [0.2, 0.25) is 0 Å². The molecule has 2 aromatic heterocycles. The smallest absolute Gasteiger partial charge is 0.225 e. The third-order valence-corrected chi connectivity index (χ3v) is 5.37. The number of hydrogen-bond acceptors (Lipinski definition) is 7. The Morgan fingerprint density at radius 3 is 2.18 bits per heavy atom. The van der Waals surface area contributed by atoms with Crippen molar-refractivity contribution in [2.75, 3.05) is 44.2 Å². The van der Waals surface area contributed by atoms with E-state index in [2.05, 4.69) is 50.6 Å². The molecule has 7 heteroatoms. The molecule has 0 N–H and O–H groups in total. The van der Waals surface area contributed by atoms with Gasteiger partial charge in [0.15, 0.2) is 0 Å². The first-order valence-corrected chi connectivity index (χ1v) is 10.2. The largest absolute Gasteiger partial charge is 0.372 e. The van der Waals surface area contributed by atoms with Gasteiger partial charge in [-0.05, 0) is 32.0 Å². The van der Waals surface area contributed by atoms with Crippen molar-refractivity contribution in [1.82, 2.24) is 24.8 Å². The van der Waals surface area contributed by atoms with Gasteiger partial charge in [0.05, 0.1) is 23.6 Å². The second-order valence-corrected chi connectivity index (χ2v) is 7.88. The summed E-state index contributed by atoms with van der Waals surface area (Å²) >= 11 is 0. The number of rotatable bonds is 5. The fourth-order valence-corrected chi connectivity index (χ4v) is 4.02. The molecule has 4 rings (SSSR count). The molecule has 0 amide bonds. The first-order valence-electron chi connectivity index (χ1n) is 10.2. The molecule has 0 radical (unpaired) electrons. The van der Waals surface area contributed by atoms with Gasteiger partial charge in [0.25, 0.3) is 0 Å². The van der Waals surface area contributed by atoms with Gasteiger partial charge in [0.2, 0.25) is 5.95 Å². The SMILES string of the molecule is CC1CN(c2nccc(CN3CCN(Cc4ccccn4)CC3)n2)CC(C)O1. The zero-order chi connectivity index (χ0) is 19.3. The minimum absolute atomic E-state index is 0.211. The zero-order valence-corrected chi connectivity index (χ0v) is 16.9. The Kier molecular flexibility index (Phi) is 6.14. The van der Waals surface area contributed by atoms with Crippen molar-refractivity contribution in [3.63, 3.8) is 0 Å². The van der Waals surface area contributed by atoms with Crippen LogP contribution in [0.4, 0.5) is 5.95 Å². The second kappa shape index (κ2) is 8.94. The average molecular weight is 383 g/mol. The zero-order valence-electron chi connectivity index (χ0n) is 16.9. The number of nitrogens with zero attached hydrogens (tertiary/aromatic N) is 6. The van der Waals surface area contributed by atoms with E-state index >= 15 is 0 Å². The third kappa shape index (κ3) is 5.04. The van der Waals surface area contributed by atoms with Crippen LogP contribution >= 0.6 is 0 Å². The Morgan fingerprint density at radius 2 is 1.54 bits per heavy atom. The summed E-state index contributed by atoms with van der Waals surface area (Å²) in [6.07, 6.45) is 4.18. The summed E-state index contributed by atoms with van der Waals surface area (Å²) in [5.41, 5.74) is 2.24. The van der Waals surface area contributed by atoms with Gasteiger partial charge >= 0.3 is 0 Å². The van der Waals surface area contributed by atoms with E-state index in [4.69, 9.17) is 9.72 Å². The predicted octanol–water partition coefficient (Wildman–Crippen LogP) is 1.80. The van der Waals surface area contributed by atoms with E-state index in [-0.39, 0.29) is 12.2 Å². The van der Waals surface area contributed by atoms with Crippen LogP contribution in [0.5, 0.6) is 0 Å². The summed E-state index contributed by atoms with van der Waals surface area (Å²) < 4.78 is 5.83. The number of anilines is 1. The lowest BCUT2D eigenvalue weighted by Crippen LogP contribution is -2.46. The summed E-state index contributed by atoms with van der Waals surface area (Å²) in [6, 6.07) is 8.16. The van der Waals surface area contributed by atoms with E-state index in [1.54, 1.807) is 0 Å². The molecule has 0 aliphatic carbocycles. The van der Waals surface area contributed by atoms with Gasteiger partial charge in [-0.2, -0.15) is 0 Å². The molecule has 0 spiro atoms. The van der Waals surface area contributed by atoms with Crippen molar-refractivity contribution in [3.05, 3.63) is 48.0 Å². The fraction of sp³-hybridized carbons (Fsp3) is 0.571. The highest BCUT2D eigenvalue weighted by Gasteiger charge is 2.24. The maximum Gasteiger partial charge on any atom is 0.225 e. The average Bonchev–Trinajstić information content (AvgIpc) is 2.70. The van der Waals surface area contributed by atoms with Crippen LogP contribution in [-0.2, 0) is 17.8 Å². The molecule has 150 valence electrons. The molecule has 0 aromatic carbocycles. The van der Waals surface area contributed by atoms with E-state index in [1.807, 2.05) is 24.5 Å². The van der Waals surface area contributed by atoms with Gasteiger partial charge in [-0.15, -0.1) is 0 Å². The van der Waals surface area contributed by atoms with Gasteiger partial charge in [-0.25, -0.2) is 9.97 Å². The van der Waals surface area contributed by atoms with E-state index in [0.29, 0.717) is 0 Å². The molecular weight excluding hydrogens is 352 g/mol. The van der Waals surface area contributed by atoms with Gasteiger partial charge in [0, 0.05) is 64.8 Å². The highest BCUT2D eigenvalue weighted by atomic mass is 16.5. The fourth-order valence-electron chi connectivity index (χ4n) is 4.02. The lowest BCUT2D eigenvalue weighted by Gasteiger charge is -2.36. The van der Waals surface area contributed by atoms with Crippen LogP contribution in [0.1, 0.15) is 25.2 Å². The van der Waals surface area contributed by atoms with Crippen molar-refractivity contribution in [1.29, 1.82) is 0 Å². The van der Waals surface area contributed by atoms with Crippen molar-refractivity contribution < 1.29 is 4.74 Å². The predicted molar refractivity (Wildman–Crippen MR) is 109 cm³/mol. The first kappa shape index (κ1) is 19.2. The lowest BCUT2D eigenvalue weighted by atomic mass is 10.2. The summed E-state index contributed by atoms with van der Waals surface area (Å²) in [5.74, 6) is 0.827. The van der Waals surface area contributed by atoms with Crippen molar-refractivity contribution >= 4 is 5.95 Å². The lowest BCUT2D eigenvalue weighted by molar-refractivity contribution is -0.00574. The number of morpholine rings is 1. The molecule has 2 unspecified atom stereocenters. The Balaban J connectivity index is 1.30. The molecule has 2 atom stereocenters. The number of hydrogen-bond donors (Lipinski definition) is 0. The van der Waals surface area contributed by atoms with Crippen LogP contribution in [0, 0.1) is 0 Å². The summed E-state index contributed by atoms with van der Waals surface area (Å²) in [4.78, 5) is 21.0. The van der Waals surface area contributed by atoms with E-state index in [0.717, 1.165) is 69.7 Å². The molecular formula is C21H30N6O. The van der Waals surface area contributed by atoms with Crippen LogP contribution in [-0.4, -0.2) is 76.2 Å². The summed E-state index contributed by atoms with van der Waals surface area (Å²) in [5, 5.41) is 0. The summed E-state index contributed by atoms with van der Waals surface area (Å²) in [6.45, 7) is 12.0. The highest BCUT2D eigenvalue weighted by molar-refractivity contribution is 5.31. The van der Waals surface area contributed by atoms with Gasteiger partial charge in [-0.1, -0.05) is 6.07 Å². The van der Waals surface area contributed by atoms with E-state index < -0.39 is 0 Å². The maximum absolute atomic E-state index is 5.83. The summed E-state index contributed by atoms with van der Waals surface area (Å²) in [7, 11) is 0. The highest BCUT2D eigenvalue weighted by Crippen LogP contribution is 2.17. The molecule has 2 aliphatic rings. The molecule has 2 saturated heterocycles.